The first-order valence-corrected chi connectivity index (χ1v) is 8.80. The lowest BCUT2D eigenvalue weighted by Crippen LogP contribution is -2.46. The number of carbonyl (C=O) groups excluding carboxylic acids is 1. The maximum absolute atomic E-state index is 12.8. The predicted molar refractivity (Wildman–Crippen MR) is 94.3 cm³/mol. The number of rotatable bonds is 4. The van der Waals surface area contributed by atoms with E-state index >= 15 is 0 Å². The van der Waals surface area contributed by atoms with Crippen LogP contribution in [0.15, 0.2) is 18.2 Å². The van der Waals surface area contributed by atoms with E-state index in [1.54, 1.807) is 7.11 Å². The van der Waals surface area contributed by atoms with E-state index in [0.29, 0.717) is 5.92 Å². The summed E-state index contributed by atoms with van der Waals surface area (Å²) in [4.78, 5) is 14.8. The molecular formula is C19H28N2O3. The van der Waals surface area contributed by atoms with Crippen molar-refractivity contribution in [2.75, 3.05) is 25.5 Å². The highest BCUT2D eigenvalue weighted by Gasteiger charge is 2.33. The number of ether oxygens (including phenoxy) is 1. The standard InChI is InChI=1S/C19H28N2O3/c1-19(2,23)12-13-6-8-21(9-7-13)18(22)17-10-14-4-5-15(24-3)11-16(14)20-17/h4-5,11,13,17,20,23H,6-10,12H2,1-3H3. The van der Waals surface area contributed by atoms with Crippen LogP contribution in [0.3, 0.4) is 0 Å². The molecule has 1 aromatic carbocycles. The normalized spacial score (nSPS) is 21.3. The Labute approximate surface area is 144 Å². The summed E-state index contributed by atoms with van der Waals surface area (Å²) in [5.41, 5.74) is 1.56. The lowest BCUT2D eigenvalue weighted by molar-refractivity contribution is -0.133. The number of methoxy groups -OCH3 is 1. The lowest BCUT2D eigenvalue weighted by atomic mass is 9.86. The van der Waals surface area contributed by atoms with Gasteiger partial charge >= 0.3 is 0 Å². The van der Waals surface area contributed by atoms with Gasteiger partial charge in [0.25, 0.3) is 0 Å². The number of carbonyl (C=O) groups is 1. The Morgan fingerprint density at radius 3 is 2.71 bits per heavy atom. The summed E-state index contributed by atoms with van der Waals surface area (Å²) >= 11 is 0. The van der Waals surface area contributed by atoms with Crippen LogP contribution < -0.4 is 10.1 Å². The Morgan fingerprint density at radius 2 is 2.08 bits per heavy atom. The molecule has 1 atom stereocenters. The number of likely N-dealkylation sites (tertiary alicyclic amines) is 1. The van der Waals surface area contributed by atoms with Gasteiger partial charge in [-0.25, -0.2) is 0 Å². The fraction of sp³-hybridized carbons (Fsp3) is 0.632. The SMILES string of the molecule is COc1ccc2c(c1)NC(C(=O)N1CCC(CC(C)(C)O)CC1)C2. The number of fused-ring (bicyclic) bond motifs is 1. The molecule has 2 aliphatic rings. The topological polar surface area (TPSA) is 61.8 Å². The van der Waals surface area contributed by atoms with Gasteiger partial charge in [0.1, 0.15) is 11.8 Å². The Kier molecular flexibility index (Phi) is 4.72. The Hall–Kier alpha value is -1.75. The molecule has 2 N–H and O–H groups in total. The van der Waals surface area contributed by atoms with Crippen LogP contribution in [-0.2, 0) is 11.2 Å². The maximum Gasteiger partial charge on any atom is 0.245 e. The summed E-state index contributed by atoms with van der Waals surface area (Å²) in [5, 5.41) is 13.3. The average molecular weight is 332 g/mol. The molecule has 0 aliphatic carbocycles. The van der Waals surface area contributed by atoms with Crippen molar-refractivity contribution in [1.29, 1.82) is 0 Å². The fourth-order valence-electron chi connectivity index (χ4n) is 3.89. The number of benzene rings is 1. The number of amides is 1. The third-order valence-corrected chi connectivity index (χ3v) is 5.08. The van der Waals surface area contributed by atoms with Gasteiger partial charge in [0.05, 0.1) is 12.7 Å². The van der Waals surface area contributed by atoms with Gasteiger partial charge in [-0.1, -0.05) is 6.07 Å². The summed E-state index contributed by atoms with van der Waals surface area (Å²) in [6, 6.07) is 5.76. The molecule has 2 aliphatic heterocycles. The first kappa shape index (κ1) is 17.1. The van der Waals surface area contributed by atoms with E-state index in [-0.39, 0.29) is 11.9 Å². The molecule has 2 heterocycles. The molecule has 1 unspecified atom stereocenters. The van der Waals surface area contributed by atoms with Gasteiger partial charge in [-0.15, -0.1) is 0 Å². The molecule has 1 fully saturated rings. The molecule has 3 rings (SSSR count). The average Bonchev–Trinajstić information content (AvgIpc) is 2.96. The minimum Gasteiger partial charge on any atom is -0.497 e. The third-order valence-electron chi connectivity index (χ3n) is 5.08. The van der Waals surface area contributed by atoms with E-state index in [1.807, 2.05) is 36.9 Å². The third kappa shape index (κ3) is 3.83. The lowest BCUT2D eigenvalue weighted by Gasteiger charge is -2.35. The number of piperidine rings is 1. The summed E-state index contributed by atoms with van der Waals surface area (Å²) in [7, 11) is 1.65. The van der Waals surface area contributed by atoms with Gasteiger partial charge in [-0.05, 0) is 50.7 Å². The number of nitrogens with zero attached hydrogens (tertiary/aromatic N) is 1. The molecule has 5 nitrogen and oxygen atoms in total. The van der Waals surface area contributed by atoms with E-state index < -0.39 is 5.60 Å². The second-order valence-electron chi connectivity index (χ2n) is 7.71. The van der Waals surface area contributed by atoms with Gasteiger partial charge in [0.2, 0.25) is 5.91 Å². The van der Waals surface area contributed by atoms with Crippen molar-refractivity contribution >= 4 is 11.6 Å². The van der Waals surface area contributed by atoms with Gasteiger partial charge < -0.3 is 20.1 Å². The highest BCUT2D eigenvalue weighted by atomic mass is 16.5. The molecule has 132 valence electrons. The van der Waals surface area contributed by atoms with Crippen molar-refractivity contribution in [2.24, 2.45) is 5.92 Å². The zero-order valence-corrected chi connectivity index (χ0v) is 14.8. The van der Waals surface area contributed by atoms with E-state index in [1.165, 1.54) is 5.56 Å². The fourth-order valence-corrected chi connectivity index (χ4v) is 3.89. The zero-order chi connectivity index (χ0) is 17.3. The highest BCUT2D eigenvalue weighted by molar-refractivity contribution is 5.87. The zero-order valence-electron chi connectivity index (χ0n) is 14.8. The summed E-state index contributed by atoms with van der Waals surface area (Å²) in [6.45, 7) is 5.30. The summed E-state index contributed by atoms with van der Waals surface area (Å²) in [5.74, 6) is 1.50. The molecule has 1 saturated heterocycles. The maximum atomic E-state index is 12.8. The summed E-state index contributed by atoms with van der Waals surface area (Å²) in [6.07, 6.45) is 3.50. The number of hydrogen-bond donors (Lipinski definition) is 2. The minimum absolute atomic E-state index is 0.169. The van der Waals surface area contributed by atoms with Crippen molar-refractivity contribution in [1.82, 2.24) is 4.90 Å². The van der Waals surface area contributed by atoms with Gasteiger partial charge in [-0.2, -0.15) is 0 Å². The van der Waals surface area contributed by atoms with Crippen LogP contribution in [0.2, 0.25) is 0 Å². The van der Waals surface area contributed by atoms with Crippen molar-refractivity contribution in [3.8, 4) is 5.75 Å². The van der Waals surface area contributed by atoms with E-state index in [2.05, 4.69) is 5.32 Å². The molecule has 1 aromatic rings. The van der Waals surface area contributed by atoms with Crippen molar-refractivity contribution in [2.45, 2.75) is 51.2 Å². The molecule has 0 radical (unpaired) electrons. The molecule has 24 heavy (non-hydrogen) atoms. The van der Waals surface area contributed by atoms with Crippen molar-refractivity contribution < 1.29 is 14.6 Å². The van der Waals surface area contributed by atoms with Crippen LogP contribution in [0, 0.1) is 5.92 Å². The molecule has 0 aromatic heterocycles. The molecule has 0 spiro atoms. The smallest absolute Gasteiger partial charge is 0.245 e. The van der Waals surface area contributed by atoms with Gasteiger partial charge in [0.15, 0.2) is 0 Å². The van der Waals surface area contributed by atoms with E-state index in [9.17, 15) is 9.90 Å². The van der Waals surface area contributed by atoms with Crippen LogP contribution in [-0.4, -0.2) is 47.8 Å². The predicted octanol–water partition coefficient (Wildman–Crippen LogP) is 2.43. The Morgan fingerprint density at radius 1 is 1.38 bits per heavy atom. The van der Waals surface area contributed by atoms with Crippen LogP contribution in [0.25, 0.3) is 0 Å². The highest BCUT2D eigenvalue weighted by Crippen LogP contribution is 2.31. The number of aliphatic hydroxyl groups is 1. The second-order valence-corrected chi connectivity index (χ2v) is 7.71. The first-order chi connectivity index (χ1) is 11.4. The van der Waals surface area contributed by atoms with E-state index in [0.717, 1.165) is 50.2 Å². The quantitative estimate of drug-likeness (QED) is 0.889. The Bertz CT molecular complexity index is 601. The first-order valence-electron chi connectivity index (χ1n) is 8.80. The van der Waals surface area contributed by atoms with Crippen LogP contribution in [0.1, 0.15) is 38.7 Å². The van der Waals surface area contributed by atoms with E-state index in [4.69, 9.17) is 4.74 Å². The molecule has 5 heteroatoms. The molecular weight excluding hydrogens is 304 g/mol. The van der Waals surface area contributed by atoms with Crippen LogP contribution in [0.4, 0.5) is 5.69 Å². The molecule has 0 saturated carbocycles. The summed E-state index contributed by atoms with van der Waals surface area (Å²) < 4.78 is 5.25. The largest absolute Gasteiger partial charge is 0.497 e. The van der Waals surface area contributed by atoms with Crippen LogP contribution in [0.5, 0.6) is 5.75 Å². The van der Waals surface area contributed by atoms with Gasteiger partial charge in [-0.3, -0.25) is 4.79 Å². The second kappa shape index (κ2) is 6.63. The van der Waals surface area contributed by atoms with Crippen molar-refractivity contribution in [3.05, 3.63) is 23.8 Å². The minimum atomic E-state index is -0.620. The van der Waals surface area contributed by atoms with Crippen molar-refractivity contribution in [3.63, 3.8) is 0 Å². The number of hydrogen-bond acceptors (Lipinski definition) is 4. The number of anilines is 1. The Balaban J connectivity index is 1.55. The van der Waals surface area contributed by atoms with Crippen LogP contribution >= 0.6 is 0 Å². The van der Waals surface area contributed by atoms with Gasteiger partial charge in [0, 0.05) is 31.3 Å². The monoisotopic (exact) mass is 332 g/mol. The number of nitrogens with one attached hydrogen (secondary N) is 1. The molecule has 0 bridgehead atoms. The molecule has 1 amide bonds.